The second kappa shape index (κ2) is 7.46. The quantitative estimate of drug-likeness (QED) is 0.740. The predicted molar refractivity (Wildman–Crippen MR) is 114 cm³/mol. The first kappa shape index (κ1) is 19.6. The van der Waals surface area contributed by atoms with Crippen molar-refractivity contribution in [2.24, 2.45) is 0 Å². The Kier molecular flexibility index (Phi) is 5.23. The van der Waals surface area contributed by atoms with Crippen LogP contribution in [-0.4, -0.2) is 34.8 Å². The fourth-order valence-corrected chi connectivity index (χ4v) is 2.77. The largest absolute Gasteiger partial charge is 0.363 e. The molecule has 1 N–H and O–H groups in total. The number of benzene rings is 1. The minimum Gasteiger partial charge on any atom is -0.363 e. The lowest BCUT2D eigenvalue weighted by Gasteiger charge is -2.14. The topological polar surface area (TPSA) is 63.1 Å². The molecule has 0 radical (unpaired) electrons. The normalized spacial score (nSPS) is 11.4. The van der Waals surface area contributed by atoms with Crippen LogP contribution in [0.2, 0.25) is 0 Å². The highest BCUT2D eigenvalue weighted by molar-refractivity contribution is 6.03. The smallest absolute Gasteiger partial charge is 0.258 e. The fraction of sp³-hybridized carbons (Fsp3) is 0.318. The summed E-state index contributed by atoms with van der Waals surface area (Å²) in [6, 6.07) is 13.6. The molecular formula is C22H27N5O. The summed E-state index contributed by atoms with van der Waals surface area (Å²) in [6.07, 6.45) is 1.59. The lowest BCUT2D eigenvalue weighted by atomic mass is 9.92. The molecule has 0 saturated carbocycles. The summed E-state index contributed by atoms with van der Waals surface area (Å²) >= 11 is 0. The molecule has 0 aliphatic heterocycles. The number of rotatable bonds is 4. The number of pyridine rings is 1. The maximum atomic E-state index is 12.8. The van der Waals surface area contributed by atoms with Gasteiger partial charge in [-0.1, -0.05) is 32.9 Å². The van der Waals surface area contributed by atoms with E-state index in [0.29, 0.717) is 11.4 Å². The average molecular weight is 377 g/mol. The van der Waals surface area contributed by atoms with Crippen LogP contribution >= 0.6 is 0 Å². The SMILES string of the molecule is Cc1cccc(-n2nc(C(C)(C)C)cc2NC(=O)c2ccc(N(C)C)nc2)c1. The minimum atomic E-state index is -0.216. The molecule has 6 heteroatoms. The molecule has 6 nitrogen and oxygen atoms in total. The Morgan fingerprint density at radius 1 is 1.11 bits per heavy atom. The van der Waals surface area contributed by atoms with E-state index in [1.54, 1.807) is 16.9 Å². The number of hydrogen-bond acceptors (Lipinski definition) is 4. The van der Waals surface area contributed by atoms with Crippen molar-refractivity contribution in [2.45, 2.75) is 33.1 Å². The van der Waals surface area contributed by atoms with E-state index in [9.17, 15) is 4.79 Å². The van der Waals surface area contributed by atoms with E-state index in [4.69, 9.17) is 5.10 Å². The van der Waals surface area contributed by atoms with Gasteiger partial charge in [-0.2, -0.15) is 5.10 Å². The van der Waals surface area contributed by atoms with Crippen LogP contribution in [0.25, 0.3) is 5.69 Å². The molecule has 2 heterocycles. The number of anilines is 2. The van der Waals surface area contributed by atoms with Gasteiger partial charge in [-0.05, 0) is 36.8 Å². The van der Waals surface area contributed by atoms with Gasteiger partial charge in [-0.3, -0.25) is 4.79 Å². The molecular weight excluding hydrogens is 350 g/mol. The van der Waals surface area contributed by atoms with Crippen molar-refractivity contribution in [3.8, 4) is 5.69 Å². The van der Waals surface area contributed by atoms with Crippen LogP contribution in [0, 0.1) is 6.92 Å². The maximum Gasteiger partial charge on any atom is 0.258 e. The molecule has 146 valence electrons. The molecule has 3 rings (SSSR count). The third kappa shape index (κ3) is 4.22. The van der Waals surface area contributed by atoms with E-state index in [0.717, 1.165) is 22.8 Å². The van der Waals surface area contributed by atoms with E-state index in [-0.39, 0.29) is 11.3 Å². The Balaban J connectivity index is 1.96. The average Bonchev–Trinajstić information content (AvgIpc) is 3.06. The first-order valence-corrected chi connectivity index (χ1v) is 9.27. The Morgan fingerprint density at radius 3 is 2.43 bits per heavy atom. The van der Waals surface area contributed by atoms with Crippen molar-refractivity contribution in [3.05, 3.63) is 65.5 Å². The van der Waals surface area contributed by atoms with Crippen LogP contribution in [-0.2, 0) is 5.41 Å². The summed E-state index contributed by atoms with van der Waals surface area (Å²) in [5.74, 6) is 1.22. The van der Waals surface area contributed by atoms with E-state index in [2.05, 4.69) is 31.1 Å². The molecule has 2 aromatic heterocycles. The molecule has 0 unspecified atom stereocenters. The van der Waals surface area contributed by atoms with Crippen molar-refractivity contribution >= 4 is 17.5 Å². The number of carbonyl (C=O) groups excluding carboxylic acids is 1. The molecule has 0 aliphatic carbocycles. The van der Waals surface area contributed by atoms with Crippen LogP contribution in [0.5, 0.6) is 0 Å². The molecule has 0 bridgehead atoms. The highest BCUT2D eigenvalue weighted by Gasteiger charge is 2.22. The third-order valence-electron chi connectivity index (χ3n) is 4.43. The van der Waals surface area contributed by atoms with E-state index >= 15 is 0 Å². The molecule has 0 fully saturated rings. The zero-order chi connectivity index (χ0) is 20.5. The van der Waals surface area contributed by atoms with Crippen LogP contribution in [0.3, 0.4) is 0 Å². The molecule has 0 saturated heterocycles. The van der Waals surface area contributed by atoms with Crippen molar-refractivity contribution in [1.29, 1.82) is 0 Å². The van der Waals surface area contributed by atoms with Crippen LogP contribution in [0.4, 0.5) is 11.6 Å². The third-order valence-corrected chi connectivity index (χ3v) is 4.43. The molecule has 0 aliphatic rings. The van der Waals surface area contributed by atoms with Crippen LogP contribution in [0.1, 0.15) is 42.4 Å². The molecule has 0 atom stereocenters. The van der Waals surface area contributed by atoms with Gasteiger partial charge in [-0.15, -0.1) is 0 Å². The van der Waals surface area contributed by atoms with Crippen LogP contribution < -0.4 is 10.2 Å². The maximum absolute atomic E-state index is 12.8. The summed E-state index contributed by atoms with van der Waals surface area (Å²) in [4.78, 5) is 19.0. The van der Waals surface area contributed by atoms with Crippen molar-refractivity contribution < 1.29 is 4.79 Å². The lowest BCUT2D eigenvalue weighted by molar-refractivity contribution is 0.102. The highest BCUT2D eigenvalue weighted by Crippen LogP contribution is 2.27. The molecule has 0 spiro atoms. The van der Waals surface area contributed by atoms with Crippen molar-refractivity contribution in [2.75, 3.05) is 24.3 Å². The fourth-order valence-electron chi connectivity index (χ4n) is 2.77. The summed E-state index contributed by atoms with van der Waals surface area (Å²) in [6.45, 7) is 8.34. The number of hydrogen-bond donors (Lipinski definition) is 1. The molecule has 3 aromatic rings. The second-order valence-corrected chi connectivity index (χ2v) is 8.17. The van der Waals surface area contributed by atoms with E-state index < -0.39 is 0 Å². The lowest BCUT2D eigenvalue weighted by Crippen LogP contribution is -2.16. The van der Waals surface area contributed by atoms with Gasteiger partial charge in [0, 0.05) is 31.8 Å². The summed E-state index contributed by atoms with van der Waals surface area (Å²) < 4.78 is 1.78. The van der Waals surface area contributed by atoms with Gasteiger partial charge >= 0.3 is 0 Å². The van der Waals surface area contributed by atoms with Gasteiger partial charge in [-0.25, -0.2) is 9.67 Å². The number of nitrogens with zero attached hydrogens (tertiary/aromatic N) is 4. The zero-order valence-corrected chi connectivity index (χ0v) is 17.3. The van der Waals surface area contributed by atoms with Gasteiger partial charge < -0.3 is 10.2 Å². The van der Waals surface area contributed by atoms with Gasteiger partial charge in [0.15, 0.2) is 0 Å². The van der Waals surface area contributed by atoms with Gasteiger partial charge in [0.2, 0.25) is 0 Å². The van der Waals surface area contributed by atoms with E-state index in [1.165, 1.54) is 0 Å². The number of aromatic nitrogens is 3. The van der Waals surface area contributed by atoms with Gasteiger partial charge in [0.1, 0.15) is 11.6 Å². The second-order valence-electron chi connectivity index (χ2n) is 8.17. The Morgan fingerprint density at radius 2 is 1.86 bits per heavy atom. The van der Waals surface area contributed by atoms with Crippen molar-refractivity contribution in [3.63, 3.8) is 0 Å². The van der Waals surface area contributed by atoms with Crippen LogP contribution in [0.15, 0.2) is 48.7 Å². The Labute approximate surface area is 166 Å². The monoisotopic (exact) mass is 377 g/mol. The number of amides is 1. The molecule has 1 amide bonds. The van der Waals surface area contributed by atoms with Crippen molar-refractivity contribution in [1.82, 2.24) is 14.8 Å². The molecule has 1 aromatic carbocycles. The standard InChI is InChI=1S/C22H27N5O/c1-15-8-7-9-17(12-15)27-20(13-18(25-27)22(2,3)4)24-21(28)16-10-11-19(23-14-16)26(5)6/h7-14H,1-6H3,(H,24,28). The number of carbonyl (C=O) groups is 1. The molecule has 28 heavy (non-hydrogen) atoms. The Bertz CT molecular complexity index is 981. The Hall–Kier alpha value is -3.15. The summed E-state index contributed by atoms with van der Waals surface area (Å²) in [5.41, 5.74) is 3.31. The minimum absolute atomic E-state index is 0.135. The first-order chi connectivity index (χ1) is 13.1. The van der Waals surface area contributed by atoms with E-state index in [1.807, 2.05) is 62.3 Å². The predicted octanol–water partition coefficient (Wildman–Crippen LogP) is 4.19. The van der Waals surface area contributed by atoms with Gasteiger partial charge in [0.05, 0.1) is 16.9 Å². The summed E-state index contributed by atoms with van der Waals surface area (Å²) in [5, 5.41) is 7.75. The highest BCUT2D eigenvalue weighted by atomic mass is 16.1. The summed E-state index contributed by atoms with van der Waals surface area (Å²) in [7, 11) is 3.83. The number of nitrogens with one attached hydrogen (secondary N) is 1. The number of aryl methyl sites for hydroxylation is 1. The van der Waals surface area contributed by atoms with Gasteiger partial charge in [0.25, 0.3) is 5.91 Å². The first-order valence-electron chi connectivity index (χ1n) is 9.27. The zero-order valence-electron chi connectivity index (χ0n) is 17.3.